The summed E-state index contributed by atoms with van der Waals surface area (Å²) in [5, 5.41) is 8.15. The van der Waals surface area contributed by atoms with Crippen LogP contribution in [-0.2, 0) is 11.3 Å². The van der Waals surface area contributed by atoms with E-state index in [0.29, 0.717) is 0 Å². The lowest BCUT2D eigenvalue weighted by Gasteiger charge is -2.40. The van der Waals surface area contributed by atoms with Gasteiger partial charge in [0.25, 0.3) is 0 Å². The van der Waals surface area contributed by atoms with Crippen molar-refractivity contribution in [1.82, 2.24) is 15.1 Å². The molecule has 1 aliphatic heterocycles. The van der Waals surface area contributed by atoms with Crippen molar-refractivity contribution in [3.05, 3.63) is 18.0 Å². The Morgan fingerprint density at radius 3 is 2.90 bits per heavy atom. The van der Waals surface area contributed by atoms with E-state index < -0.39 is 0 Å². The Bertz CT molecular complexity index is 396. The van der Waals surface area contributed by atoms with Gasteiger partial charge in [-0.15, -0.1) is 0 Å². The third kappa shape index (κ3) is 3.61. The maximum absolute atomic E-state index is 6.15. The molecular formula is C16H29N3O. The van der Waals surface area contributed by atoms with Gasteiger partial charge >= 0.3 is 0 Å². The van der Waals surface area contributed by atoms with Gasteiger partial charge in [-0.3, -0.25) is 4.68 Å². The Morgan fingerprint density at radius 2 is 2.25 bits per heavy atom. The summed E-state index contributed by atoms with van der Waals surface area (Å²) in [6.45, 7) is 9.51. The van der Waals surface area contributed by atoms with Crippen molar-refractivity contribution in [3.63, 3.8) is 0 Å². The minimum Gasteiger partial charge on any atom is -0.373 e. The van der Waals surface area contributed by atoms with Gasteiger partial charge in [0.15, 0.2) is 0 Å². The molecule has 2 unspecified atom stereocenters. The van der Waals surface area contributed by atoms with E-state index in [-0.39, 0.29) is 11.6 Å². The molecule has 4 nitrogen and oxygen atoms in total. The molecule has 1 aromatic rings. The fourth-order valence-corrected chi connectivity index (χ4v) is 3.04. The molecule has 20 heavy (non-hydrogen) atoms. The van der Waals surface area contributed by atoms with E-state index in [2.05, 4.69) is 37.4 Å². The zero-order chi connectivity index (χ0) is 14.4. The van der Waals surface area contributed by atoms with Crippen LogP contribution >= 0.6 is 0 Å². The Kier molecular flexibility index (Phi) is 5.61. The molecule has 2 rings (SSSR count). The third-order valence-corrected chi connectivity index (χ3v) is 4.15. The van der Waals surface area contributed by atoms with Crippen molar-refractivity contribution in [2.45, 2.75) is 71.1 Å². The largest absolute Gasteiger partial charge is 0.373 e. The van der Waals surface area contributed by atoms with Crippen LogP contribution in [0.3, 0.4) is 0 Å². The Hall–Kier alpha value is -0.870. The van der Waals surface area contributed by atoms with Gasteiger partial charge in [-0.1, -0.05) is 13.8 Å². The van der Waals surface area contributed by atoms with Crippen LogP contribution in [0.4, 0.5) is 0 Å². The van der Waals surface area contributed by atoms with Gasteiger partial charge in [-0.05, 0) is 45.6 Å². The Balaban J connectivity index is 2.16. The van der Waals surface area contributed by atoms with Crippen LogP contribution in [-0.4, -0.2) is 28.5 Å². The molecule has 0 bridgehead atoms. The maximum Gasteiger partial charge on any atom is 0.0849 e. The molecule has 0 radical (unpaired) electrons. The van der Waals surface area contributed by atoms with Crippen LogP contribution < -0.4 is 5.32 Å². The Labute approximate surface area is 122 Å². The summed E-state index contributed by atoms with van der Waals surface area (Å²) in [6.07, 6.45) is 9.99. The number of nitrogens with zero attached hydrogens (tertiary/aromatic N) is 2. The van der Waals surface area contributed by atoms with Gasteiger partial charge in [0.1, 0.15) is 0 Å². The fraction of sp³-hybridized carbons (Fsp3) is 0.812. The third-order valence-electron chi connectivity index (χ3n) is 4.15. The van der Waals surface area contributed by atoms with Crippen LogP contribution in [0.15, 0.2) is 12.4 Å². The maximum atomic E-state index is 6.15. The second-order valence-electron chi connectivity index (χ2n) is 6.04. The number of nitrogens with one attached hydrogen (secondary N) is 1. The highest BCUT2D eigenvalue weighted by molar-refractivity contribution is 5.16. The molecule has 1 aliphatic rings. The zero-order valence-electron chi connectivity index (χ0n) is 13.2. The van der Waals surface area contributed by atoms with E-state index in [4.69, 9.17) is 4.74 Å². The number of hydrogen-bond acceptors (Lipinski definition) is 3. The van der Waals surface area contributed by atoms with Crippen LogP contribution in [0.5, 0.6) is 0 Å². The number of aromatic nitrogens is 2. The van der Waals surface area contributed by atoms with Crippen molar-refractivity contribution >= 4 is 0 Å². The van der Waals surface area contributed by atoms with E-state index in [1.165, 1.54) is 18.4 Å². The summed E-state index contributed by atoms with van der Waals surface area (Å²) < 4.78 is 8.19. The molecular weight excluding hydrogens is 250 g/mol. The summed E-state index contributed by atoms with van der Waals surface area (Å²) in [6, 6.07) is 0.244. The molecule has 2 atom stereocenters. The molecule has 1 N–H and O–H groups in total. The molecule has 1 saturated heterocycles. The highest BCUT2D eigenvalue weighted by Crippen LogP contribution is 2.36. The second kappa shape index (κ2) is 7.23. The molecule has 114 valence electrons. The number of hydrogen-bond donors (Lipinski definition) is 1. The van der Waals surface area contributed by atoms with Gasteiger partial charge in [0.2, 0.25) is 0 Å². The predicted octanol–water partition coefficient (Wildman–Crippen LogP) is 3.29. The molecule has 0 amide bonds. The standard InChI is InChI=1S/C16H29N3O/c1-4-9-17-15(16(3)8-6-7-11-20-16)14-12-18-19(13-14)10-5-2/h12-13,15,17H,4-11H2,1-3H3. The van der Waals surface area contributed by atoms with Crippen molar-refractivity contribution in [2.24, 2.45) is 0 Å². The summed E-state index contributed by atoms with van der Waals surface area (Å²) >= 11 is 0. The van der Waals surface area contributed by atoms with E-state index in [0.717, 1.165) is 39.0 Å². The van der Waals surface area contributed by atoms with Gasteiger partial charge in [0, 0.05) is 24.9 Å². The highest BCUT2D eigenvalue weighted by atomic mass is 16.5. The van der Waals surface area contributed by atoms with E-state index in [1.54, 1.807) is 0 Å². The number of ether oxygens (including phenoxy) is 1. The molecule has 0 saturated carbocycles. The van der Waals surface area contributed by atoms with Gasteiger partial charge in [-0.25, -0.2) is 0 Å². The monoisotopic (exact) mass is 279 g/mol. The molecule has 2 heterocycles. The van der Waals surface area contributed by atoms with Crippen molar-refractivity contribution in [3.8, 4) is 0 Å². The lowest BCUT2D eigenvalue weighted by Crippen LogP contribution is -2.46. The topological polar surface area (TPSA) is 39.1 Å². The second-order valence-corrected chi connectivity index (χ2v) is 6.04. The Morgan fingerprint density at radius 1 is 1.40 bits per heavy atom. The summed E-state index contributed by atoms with van der Waals surface area (Å²) in [5.41, 5.74) is 1.16. The van der Waals surface area contributed by atoms with E-state index in [9.17, 15) is 0 Å². The molecule has 0 spiro atoms. The van der Waals surface area contributed by atoms with Crippen LogP contribution in [0, 0.1) is 0 Å². The summed E-state index contributed by atoms with van der Waals surface area (Å²) in [5.74, 6) is 0. The van der Waals surface area contributed by atoms with E-state index >= 15 is 0 Å². The SMILES string of the molecule is CCCNC(c1cnn(CCC)c1)C1(C)CCCCO1. The van der Waals surface area contributed by atoms with E-state index in [1.807, 2.05) is 10.9 Å². The molecule has 1 fully saturated rings. The van der Waals surface area contributed by atoms with Gasteiger partial charge in [0.05, 0.1) is 17.8 Å². The lowest BCUT2D eigenvalue weighted by atomic mass is 9.85. The first-order valence-electron chi connectivity index (χ1n) is 8.09. The van der Waals surface area contributed by atoms with Gasteiger partial charge in [-0.2, -0.15) is 5.10 Å². The van der Waals surface area contributed by atoms with Crippen molar-refractivity contribution in [1.29, 1.82) is 0 Å². The minimum atomic E-state index is -0.104. The van der Waals surface area contributed by atoms with Gasteiger partial charge < -0.3 is 10.1 Å². The average Bonchev–Trinajstić information content (AvgIpc) is 2.89. The van der Waals surface area contributed by atoms with Crippen molar-refractivity contribution < 1.29 is 4.74 Å². The number of rotatable bonds is 7. The minimum absolute atomic E-state index is 0.104. The number of aryl methyl sites for hydroxylation is 1. The normalized spacial score (nSPS) is 24.8. The first kappa shape index (κ1) is 15.5. The van der Waals surface area contributed by atoms with Crippen LogP contribution in [0.1, 0.15) is 64.5 Å². The lowest BCUT2D eigenvalue weighted by molar-refractivity contribution is -0.0897. The quantitative estimate of drug-likeness (QED) is 0.832. The first-order valence-corrected chi connectivity index (χ1v) is 8.09. The summed E-state index contributed by atoms with van der Waals surface area (Å²) in [4.78, 5) is 0. The average molecular weight is 279 g/mol. The van der Waals surface area contributed by atoms with Crippen LogP contribution in [0.2, 0.25) is 0 Å². The first-order chi connectivity index (χ1) is 9.69. The molecule has 1 aromatic heterocycles. The zero-order valence-corrected chi connectivity index (χ0v) is 13.2. The van der Waals surface area contributed by atoms with Crippen molar-refractivity contribution in [2.75, 3.05) is 13.2 Å². The smallest absolute Gasteiger partial charge is 0.0849 e. The summed E-state index contributed by atoms with van der Waals surface area (Å²) in [7, 11) is 0. The molecule has 4 heteroatoms. The highest BCUT2D eigenvalue weighted by Gasteiger charge is 2.38. The predicted molar refractivity (Wildman–Crippen MR) is 81.8 cm³/mol. The fourth-order valence-electron chi connectivity index (χ4n) is 3.04. The molecule has 0 aliphatic carbocycles. The van der Waals surface area contributed by atoms with Crippen LogP contribution in [0.25, 0.3) is 0 Å². The molecule has 0 aromatic carbocycles.